The van der Waals surface area contributed by atoms with Crippen LogP contribution in [0.3, 0.4) is 0 Å². The molecule has 2 N–H and O–H groups in total. The standard InChI is InChI=1S/C14H17NO4/c1-3-8-15-13(17)10-19-14-11(9-16)6-5-7-12(14)18-4-2/h1,5-7,16H,4,8-10H2,2H3,(H,15,17). The van der Waals surface area contributed by atoms with Crippen molar-refractivity contribution in [3.63, 3.8) is 0 Å². The second-order valence-corrected chi connectivity index (χ2v) is 3.61. The van der Waals surface area contributed by atoms with Crippen LogP contribution in [0.2, 0.25) is 0 Å². The average molecular weight is 263 g/mol. The highest BCUT2D eigenvalue weighted by Crippen LogP contribution is 2.31. The summed E-state index contributed by atoms with van der Waals surface area (Å²) in [6.45, 7) is 2.09. The molecule has 0 saturated heterocycles. The maximum absolute atomic E-state index is 11.4. The Hall–Kier alpha value is -2.19. The maximum atomic E-state index is 11.4. The highest BCUT2D eigenvalue weighted by atomic mass is 16.5. The molecule has 102 valence electrons. The molecule has 0 heterocycles. The SMILES string of the molecule is C#CCNC(=O)COc1c(CO)cccc1OCC. The van der Waals surface area contributed by atoms with Crippen molar-refractivity contribution in [3.05, 3.63) is 23.8 Å². The van der Waals surface area contributed by atoms with E-state index in [0.29, 0.717) is 23.7 Å². The van der Waals surface area contributed by atoms with E-state index in [1.807, 2.05) is 6.92 Å². The highest BCUT2D eigenvalue weighted by Gasteiger charge is 2.12. The number of para-hydroxylation sites is 1. The van der Waals surface area contributed by atoms with Crippen LogP contribution in [0.5, 0.6) is 11.5 Å². The van der Waals surface area contributed by atoms with Gasteiger partial charge in [0.15, 0.2) is 18.1 Å². The Kier molecular flexibility index (Phi) is 6.27. The lowest BCUT2D eigenvalue weighted by Crippen LogP contribution is -2.29. The fourth-order valence-electron chi connectivity index (χ4n) is 1.46. The van der Waals surface area contributed by atoms with Gasteiger partial charge in [0.2, 0.25) is 0 Å². The number of amides is 1. The molecule has 0 aliphatic carbocycles. The minimum Gasteiger partial charge on any atom is -0.490 e. The van der Waals surface area contributed by atoms with E-state index in [1.54, 1.807) is 18.2 Å². The molecule has 0 unspecified atom stereocenters. The number of benzene rings is 1. The Balaban J connectivity index is 2.75. The number of hydrogen-bond donors (Lipinski definition) is 2. The molecule has 0 saturated carbocycles. The summed E-state index contributed by atoms with van der Waals surface area (Å²) in [5.41, 5.74) is 0.565. The Morgan fingerprint density at radius 3 is 2.89 bits per heavy atom. The molecule has 0 atom stereocenters. The first kappa shape index (κ1) is 14.9. The number of carbonyl (C=O) groups is 1. The first-order valence-corrected chi connectivity index (χ1v) is 5.91. The summed E-state index contributed by atoms with van der Waals surface area (Å²) >= 11 is 0. The van der Waals surface area contributed by atoms with E-state index < -0.39 is 0 Å². The van der Waals surface area contributed by atoms with E-state index in [-0.39, 0.29) is 25.7 Å². The van der Waals surface area contributed by atoms with Gasteiger partial charge in [-0.25, -0.2) is 0 Å². The van der Waals surface area contributed by atoms with Crippen LogP contribution in [0.15, 0.2) is 18.2 Å². The van der Waals surface area contributed by atoms with Gasteiger partial charge < -0.3 is 19.9 Å². The predicted molar refractivity (Wildman–Crippen MR) is 70.9 cm³/mol. The van der Waals surface area contributed by atoms with Crippen LogP contribution >= 0.6 is 0 Å². The topological polar surface area (TPSA) is 67.8 Å². The number of ether oxygens (including phenoxy) is 2. The molecule has 0 fully saturated rings. The van der Waals surface area contributed by atoms with Crippen molar-refractivity contribution >= 4 is 5.91 Å². The van der Waals surface area contributed by atoms with Crippen LogP contribution in [0.4, 0.5) is 0 Å². The van der Waals surface area contributed by atoms with Crippen molar-refractivity contribution < 1.29 is 19.4 Å². The highest BCUT2D eigenvalue weighted by molar-refractivity contribution is 5.77. The van der Waals surface area contributed by atoms with E-state index in [0.717, 1.165) is 0 Å². The lowest BCUT2D eigenvalue weighted by atomic mass is 10.2. The summed E-state index contributed by atoms with van der Waals surface area (Å²) in [5, 5.41) is 11.7. The lowest BCUT2D eigenvalue weighted by molar-refractivity contribution is -0.122. The van der Waals surface area contributed by atoms with Crippen LogP contribution in [-0.2, 0) is 11.4 Å². The molecule has 0 aromatic heterocycles. The normalized spacial score (nSPS) is 9.53. The average Bonchev–Trinajstić information content (AvgIpc) is 2.43. The number of hydrogen-bond acceptors (Lipinski definition) is 4. The Bertz CT molecular complexity index is 465. The van der Waals surface area contributed by atoms with Crippen molar-refractivity contribution in [1.82, 2.24) is 5.32 Å². The second-order valence-electron chi connectivity index (χ2n) is 3.61. The van der Waals surface area contributed by atoms with Crippen molar-refractivity contribution in [2.24, 2.45) is 0 Å². The zero-order valence-electron chi connectivity index (χ0n) is 10.8. The third kappa shape index (κ3) is 4.53. The van der Waals surface area contributed by atoms with Crippen LogP contribution < -0.4 is 14.8 Å². The van der Waals surface area contributed by atoms with Crippen LogP contribution in [0, 0.1) is 12.3 Å². The third-order valence-electron chi connectivity index (χ3n) is 2.27. The molecule has 5 nitrogen and oxygen atoms in total. The van der Waals surface area contributed by atoms with Gasteiger partial charge >= 0.3 is 0 Å². The summed E-state index contributed by atoms with van der Waals surface area (Å²) in [4.78, 5) is 11.4. The third-order valence-corrected chi connectivity index (χ3v) is 2.27. The van der Waals surface area contributed by atoms with Gasteiger partial charge in [-0.3, -0.25) is 4.79 Å². The molecule has 0 aliphatic heterocycles. The van der Waals surface area contributed by atoms with Crippen molar-refractivity contribution in [2.45, 2.75) is 13.5 Å². The van der Waals surface area contributed by atoms with Crippen molar-refractivity contribution in [2.75, 3.05) is 19.8 Å². The maximum Gasteiger partial charge on any atom is 0.258 e. The number of aliphatic hydroxyl groups is 1. The number of aliphatic hydroxyl groups excluding tert-OH is 1. The molecule has 0 spiro atoms. The number of terminal acetylenes is 1. The van der Waals surface area contributed by atoms with Gasteiger partial charge in [-0.05, 0) is 13.0 Å². The summed E-state index contributed by atoms with van der Waals surface area (Å²) < 4.78 is 10.8. The Labute approximate surface area is 112 Å². The largest absolute Gasteiger partial charge is 0.490 e. The summed E-state index contributed by atoms with van der Waals surface area (Å²) in [5.74, 6) is 2.85. The van der Waals surface area contributed by atoms with Gasteiger partial charge in [-0.15, -0.1) is 6.42 Å². The smallest absolute Gasteiger partial charge is 0.258 e. The van der Waals surface area contributed by atoms with E-state index in [2.05, 4.69) is 11.2 Å². The number of rotatable bonds is 7. The molecule has 0 radical (unpaired) electrons. The molecule has 0 bridgehead atoms. The van der Waals surface area contributed by atoms with E-state index in [9.17, 15) is 9.90 Å². The summed E-state index contributed by atoms with van der Waals surface area (Å²) in [6.07, 6.45) is 5.03. The minimum atomic E-state index is -0.326. The predicted octanol–water partition coefficient (Wildman–Crippen LogP) is 0.706. The van der Waals surface area contributed by atoms with Crippen molar-refractivity contribution in [1.29, 1.82) is 0 Å². The molecule has 1 aromatic rings. The lowest BCUT2D eigenvalue weighted by Gasteiger charge is -2.14. The fourth-order valence-corrected chi connectivity index (χ4v) is 1.46. The van der Waals surface area contributed by atoms with Gasteiger partial charge in [-0.1, -0.05) is 18.1 Å². The van der Waals surface area contributed by atoms with Crippen LogP contribution in [0.25, 0.3) is 0 Å². The van der Waals surface area contributed by atoms with Gasteiger partial charge in [-0.2, -0.15) is 0 Å². The van der Waals surface area contributed by atoms with Gasteiger partial charge in [0.05, 0.1) is 19.8 Å². The first-order chi connectivity index (χ1) is 9.22. The van der Waals surface area contributed by atoms with Crippen LogP contribution in [-0.4, -0.2) is 30.8 Å². The Morgan fingerprint density at radius 2 is 2.26 bits per heavy atom. The fraction of sp³-hybridized carbons (Fsp3) is 0.357. The summed E-state index contributed by atoms with van der Waals surface area (Å²) in [6, 6.07) is 5.18. The van der Waals surface area contributed by atoms with E-state index in [1.165, 1.54) is 0 Å². The van der Waals surface area contributed by atoms with Gasteiger partial charge in [0.25, 0.3) is 5.91 Å². The van der Waals surface area contributed by atoms with Gasteiger partial charge in [0.1, 0.15) is 0 Å². The number of nitrogens with one attached hydrogen (secondary N) is 1. The van der Waals surface area contributed by atoms with Crippen molar-refractivity contribution in [3.8, 4) is 23.8 Å². The molecular weight excluding hydrogens is 246 g/mol. The molecule has 1 amide bonds. The van der Waals surface area contributed by atoms with Crippen LogP contribution in [0.1, 0.15) is 12.5 Å². The van der Waals surface area contributed by atoms with E-state index >= 15 is 0 Å². The number of carbonyl (C=O) groups excluding carboxylic acids is 1. The molecule has 0 aliphatic rings. The summed E-state index contributed by atoms with van der Waals surface area (Å²) in [7, 11) is 0. The quantitative estimate of drug-likeness (QED) is 0.711. The molecule has 19 heavy (non-hydrogen) atoms. The first-order valence-electron chi connectivity index (χ1n) is 5.91. The molecule has 1 rings (SSSR count). The Morgan fingerprint density at radius 1 is 1.47 bits per heavy atom. The van der Waals surface area contributed by atoms with Gasteiger partial charge in [0, 0.05) is 5.56 Å². The minimum absolute atomic E-state index is 0.155. The molecule has 5 heteroatoms. The van der Waals surface area contributed by atoms with E-state index in [4.69, 9.17) is 15.9 Å². The second kappa shape index (κ2) is 8.01. The molecule has 1 aromatic carbocycles. The monoisotopic (exact) mass is 263 g/mol. The molecular formula is C14H17NO4. The zero-order chi connectivity index (χ0) is 14.1. The zero-order valence-corrected chi connectivity index (χ0v) is 10.8.